The third kappa shape index (κ3) is 4.00. The number of halogens is 2. The van der Waals surface area contributed by atoms with Gasteiger partial charge in [-0.3, -0.25) is 4.21 Å². The molecule has 0 amide bonds. The Morgan fingerprint density at radius 3 is 2.81 bits per heavy atom. The van der Waals surface area contributed by atoms with E-state index in [2.05, 4.69) is 13.0 Å². The number of hydrogen-bond donors (Lipinski definition) is 0. The summed E-state index contributed by atoms with van der Waals surface area (Å²) in [7, 11) is -1.28. The van der Waals surface area contributed by atoms with E-state index in [0.29, 0.717) is 20.9 Å². The molecule has 1 aromatic rings. The molecule has 0 spiro atoms. The predicted octanol–water partition coefficient (Wildman–Crippen LogP) is 5.21. The molecule has 1 saturated carbocycles. The largest absolute Gasteiger partial charge is 0.254 e. The van der Waals surface area contributed by atoms with Gasteiger partial charge in [0.05, 0.1) is 38.0 Å². The fourth-order valence-corrected chi connectivity index (χ4v) is 5.42. The average molecular weight is 344 g/mol. The van der Waals surface area contributed by atoms with Crippen molar-refractivity contribution in [1.29, 1.82) is 5.26 Å². The van der Waals surface area contributed by atoms with Crippen LogP contribution in [0, 0.1) is 23.2 Å². The van der Waals surface area contributed by atoms with Gasteiger partial charge in [-0.2, -0.15) is 5.26 Å². The summed E-state index contributed by atoms with van der Waals surface area (Å²) in [4.78, 5) is 0.562. The molecule has 0 heterocycles. The molecule has 5 heteroatoms. The topological polar surface area (TPSA) is 40.9 Å². The van der Waals surface area contributed by atoms with Gasteiger partial charge in [0.15, 0.2) is 0 Å². The highest BCUT2D eigenvalue weighted by molar-refractivity contribution is 7.85. The Hall–Kier alpha value is -0.560. The monoisotopic (exact) mass is 343 g/mol. The van der Waals surface area contributed by atoms with Crippen LogP contribution in [0.3, 0.4) is 0 Å². The van der Waals surface area contributed by atoms with Crippen LogP contribution in [0.4, 0.5) is 0 Å². The van der Waals surface area contributed by atoms with E-state index in [9.17, 15) is 9.47 Å². The lowest BCUT2D eigenvalue weighted by Crippen LogP contribution is -2.32. The molecule has 21 heavy (non-hydrogen) atoms. The van der Waals surface area contributed by atoms with Crippen molar-refractivity contribution in [2.45, 2.75) is 49.2 Å². The van der Waals surface area contributed by atoms with Gasteiger partial charge >= 0.3 is 0 Å². The molecule has 0 radical (unpaired) electrons. The van der Waals surface area contributed by atoms with Crippen LogP contribution >= 0.6 is 23.2 Å². The molecule has 1 aliphatic carbocycles. The van der Waals surface area contributed by atoms with Crippen molar-refractivity contribution in [3.8, 4) is 6.07 Å². The highest BCUT2D eigenvalue weighted by Gasteiger charge is 2.35. The highest BCUT2D eigenvalue weighted by Crippen LogP contribution is 2.37. The third-order valence-corrected chi connectivity index (χ3v) is 6.67. The van der Waals surface area contributed by atoms with E-state index in [1.807, 2.05) is 0 Å². The molecule has 0 aliphatic heterocycles. The lowest BCUT2D eigenvalue weighted by molar-refractivity contribution is 0.303. The number of benzene rings is 1. The second-order valence-electron chi connectivity index (χ2n) is 5.61. The summed E-state index contributed by atoms with van der Waals surface area (Å²) < 4.78 is 12.9. The van der Waals surface area contributed by atoms with Crippen molar-refractivity contribution in [2.75, 3.05) is 0 Å². The van der Waals surface area contributed by atoms with Crippen LogP contribution < -0.4 is 0 Å². The molecule has 1 fully saturated rings. The number of rotatable bonds is 4. The Bertz CT molecular complexity index is 570. The lowest BCUT2D eigenvalue weighted by atomic mass is 9.80. The normalized spacial score (nSPS) is 27.0. The molecule has 0 saturated heterocycles. The number of nitriles is 1. The van der Waals surface area contributed by atoms with Crippen molar-refractivity contribution < 1.29 is 4.21 Å². The van der Waals surface area contributed by atoms with Gasteiger partial charge in [0, 0.05) is 5.02 Å². The molecule has 4 atom stereocenters. The zero-order valence-electron chi connectivity index (χ0n) is 12.0. The predicted molar refractivity (Wildman–Crippen MR) is 88.0 cm³/mol. The maximum Gasteiger partial charge on any atom is 0.0668 e. The summed E-state index contributed by atoms with van der Waals surface area (Å²) in [5.41, 5.74) is 0. The number of hydrogen-bond acceptors (Lipinski definition) is 2. The summed E-state index contributed by atoms with van der Waals surface area (Å²) in [6.07, 6.45) is 4.98. The molecule has 1 aliphatic rings. The van der Waals surface area contributed by atoms with Crippen LogP contribution in [0.5, 0.6) is 0 Å². The van der Waals surface area contributed by atoms with Gasteiger partial charge in [0.2, 0.25) is 0 Å². The van der Waals surface area contributed by atoms with E-state index in [0.717, 1.165) is 32.1 Å². The van der Waals surface area contributed by atoms with Crippen molar-refractivity contribution in [1.82, 2.24) is 0 Å². The van der Waals surface area contributed by atoms with Crippen molar-refractivity contribution in [3.05, 3.63) is 28.2 Å². The molecule has 0 bridgehead atoms. The van der Waals surface area contributed by atoms with E-state index in [-0.39, 0.29) is 11.2 Å². The quantitative estimate of drug-likeness (QED) is 0.752. The minimum absolute atomic E-state index is 0.142. The molecule has 114 valence electrons. The van der Waals surface area contributed by atoms with Crippen LogP contribution in [0.25, 0.3) is 0 Å². The maximum atomic E-state index is 12.9. The molecule has 0 aromatic heterocycles. The number of nitrogens with zero attached hydrogens (tertiary/aromatic N) is 1. The Morgan fingerprint density at radius 1 is 1.38 bits per heavy atom. The summed E-state index contributed by atoms with van der Waals surface area (Å²) in [5.74, 6) is 0.403. The summed E-state index contributed by atoms with van der Waals surface area (Å²) in [5, 5.41) is 10.2. The third-order valence-electron chi connectivity index (χ3n) is 4.15. The summed E-state index contributed by atoms with van der Waals surface area (Å²) >= 11 is 12.2. The minimum Gasteiger partial charge on any atom is -0.254 e. The molecule has 0 N–H and O–H groups in total. The zero-order chi connectivity index (χ0) is 15.4. The fourth-order valence-electron chi connectivity index (χ4n) is 3.06. The fraction of sp³-hybridized carbons (Fsp3) is 0.562. The van der Waals surface area contributed by atoms with Gasteiger partial charge in [-0.1, -0.05) is 43.0 Å². The molecular weight excluding hydrogens is 325 g/mol. The van der Waals surface area contributed by atoms with E-state index in [1.165, 1.54) is 0 Å². The van der Waals surface area contributed by atoms with Crippen LogP contribution in [-0.2, 0) is 10.8 Å². The first-order chi connectivity index (χ1) is 10.1. The lowest BCUT2D eigenvalue weighted by Gasteiger charge is -2.32. The Balaban J connectivity index is 2.25. The Labute approximate surface area is 138 Å². The molecular formula is C16H19Cl2NOS. The smallest absolute Gasteiger partial charge is 0.0668 e. The first kappa shape index (κ1) is 16.8. The van der Waals surface area contributed by atoms with Gasteiger partial charge in [-0.15, -0.1) is 0 Å². The maximum absolute atomic E-state index is 12.9. The van der Waals surface area contributed by atoms with Gasteiger partial charge in [0.25, 0.3) is 0 Å². The van der Waals surface area contributed by atoms with Crippen LogP contribution in [-0.4, -0.2) is 9.46 Å². The van der Waals surface area contributed by atoms with Crippen molar-refractivity contribution in [3.63, 3.8) is 0 Å². The molecule has 2 rings (SSSR count). The van der Waals surface area contributed by atoms with Gasteiger partial charge in [-0.05, 0) is 43.4 Å². The average Bonchev–Trinajstić information content (AvgIpc) is 2.49. The van der Waals surface area contributed by atoms with E-state index in [4.69, 9.17) is 23.2 Å². The van der Waals surface area contributed by atoms with Crippen molar-refractivity contribution >= 4 is 34.0 Å². The molecule has 4 unspecified atom stereocenters. The minimum atomic E-state index is -1.28. The SMILES string of the molecule is CCCC1CCC(C#N)C(S(=O)c2cc(Cl)ccc2Cl)C1. The van der Waals surface area contributed by atoms with Crippen molar-refractivity contribution in [2.24, 2.45) is 11.8 Å². The van der Waals surface area contributed by atoms with Crippen LogP contribution in [0.2, 0.25) is 10.0 Å². The standard InChI is InChI=1S/C16H19Cl2NOS/c1-2-3-11-4-5-12(10-19)15(8-11)21(20)16-9-13(17)6-7-14(16)18/h6-7,9,11-12,15H,2-5,8H2,1H3. The second-order valence-corrected chi connectivity index (χ2v) is 8.10. The molecule has 2 nitrogen and oxygen atoms in total. The van der Waals surface area contributed by atoms with Crippen LogP contribution in [0.15, 0.2) is 23.1 Å². The van der Waals surface area contributed by atoms with E-state index in [1.54, 1.807) is 18.2 Å². The van der Waals surface area contributed by atoms with Gasteiger partial charge < -0.3 is 0 Å². The zero-order valence-corrected chi connectivity index (χ0v) is 14.3. The Morgan fingerprint density at radius 2 is 2.14 bits per heavy atom. The highest BCUT2D eigenvalue weighted by atomic mass is 35.5. The first-order valence-corrected chi connectivity index (χ1v) is 9.29. The van der Waals surface area contributed by atoms with Gasteiger partial charge in [0.1, 0.15) is 0 Å². The first-order valence-electron chi connectivity index (χ1n) is 7.32. The Kier molecular flexibility index (Phi) is 6.10. The summed E-state index contributed by atoms with van der Waals surface area (Å²) in [6.45, 7) is 2.16. The molecule has 1 aromatic carbocycles. The summed E-state index contributed by atoms with van der Waals surface area (Å²) in [6, 6.07) is 7.36. The van der Waals surface area contributed by atoms with E-state index < -0.39 is 10.8 Å². The van der Waals surface area contributed by atoms with Crippen LogP contribution in [0.1, 0.15) is 39.0 Å². The second kappa shape index (κ2) is 7.63. The van der Waals surface area contributed by atoms with Gasteiger partial charge in [-0.25, -0.2) is 0 Å². The van der Waals surface area contributed by atoms with E-state index >= 15 is 0 Å².